The number of likely N-dealkylation sites (tertiary alicyclic amines) is 1. The summed E-state index contributed by atoms with van der Waals surface area (Å²) in [7, 11) is 0. The van der Waals surface area contributed by atoms with Gasteiger partial charge in [-0.15, -0.1) is 0 Å². The van der Waals surface area contributed by atoms with E-state index in [1.54, 1.807) is 12.3 Å². The van der Waals surface area contributed by atoms with E-state index in [9.17, 15) is 4.79 Å². The summed E-state index contributed by atoms with van der Waals surface area (Å²) >= 11 is 0. The Labute approximate surface area is 149 Å². The zero-order valence-corrected chi connectivity index (χ0v) is 15.2. The third kappa shape index (κ3) is 4.01. The van der Waals surface area contributed by atoms with Crippen LogP contribution < -0.4 is 4.74 Å². The van der Waals surface area contributed by atoms with Crippen LogP contribution in [0.2, 0.25) is 0 Å². The van der Waals surface area contributed by atoms with Crippen molar-refractivity contribution in [1.29, 1.82) is 0 Å². The molecule has 0 spiro atoms. The van der Waals surface area contributed by atoms with Gasteiger partial charge in [0.05, 0.1) is 12.2 Å². The molecule has 0 bridgehead atoms. The van der Waals surface area contributed by atoms with Gasteiger partial charge in [0.1, 0.15) is 0 Å². The minimum absolute atomic E-state index is 0.0499. The number of hydrogen-bond donors (Lipinski definition) is 0. The van der Waals surface area contributed by atoms with Crippen molar-refractivity contribution in [2.75, 3.05) is 13.2 Å². The van der Waals surface area contributed by atoms with Gasteiger partial charge < -0.3 is 9.64 Å². The number of ether oxygens (including phenoxy) is 1. The lowest BCUT2D eigenvalue weighted by molar-refractivity contribution is 0.0741. The quantitative estimate of drug-likeness (QED) is 0.823. The van der Waals surface area contributed by atoms with Crippen LogP contribution in [0.3, 0.4) is 0 Å². The molecule has 1 aliphatic heterocycles. The van der Waals surface area contributed by atoms with Crippen LogP contribution in [0, 0.1) is 5.92 Å². The third-order valence-electron chi connectivity index (χ3n) is 4.79. The van der Waals surface area contributed by atoms with Crippen LogP contribution in [0.1, 0.15) is 49.0 Å². The highest BCUT2D eigenvalue weighted by molar-refractivity contribution is 5.94. The van der Waals surface area contributed by atoms with Crippen molar-refractivity contribution < 1.29 is 9.53 Å². The number of carbonyl (C=O) groups excluding carboxylic acids is 1. The highest BCUT2D eigenvalue weighted by atomic mass is 16.5. The molecule has 2 atom stereocenters. The number of rotatable bonds is 5. The molecule has 1 aromatic heterocycles. The van der Waals surface area contributed by atoms with Crippen molar-refractivity contribution in [3.05, 3.63) is 59.8 Å². The Kier molecular flexibility index (Phi) is 5.37. The van der Waals surface area contributed by atoms with Crippen LogP contribution in [0.15, 0.2) is 48.7 Å². The molecule has 1 aliphatic rings. The third-order valence-corrected chi connectivity index (χ3v) is 4.79. The van der Waals surface area contributed by atoms with E-state index in [1.807, 2.05) is 17.0 Å². The monoisotopic (exact) mass is 338 g/mol. The summed E-state index contributed by atoms with van der Waals surface area (Å²) in [4.78, 5) is 19.1. The predicted octanol–water partition coefficient (Wildman–Crippen LogP) is 4.13. The van der Waals surface area contributed by atoms with E-state index in [-0.39, 0.29) is 11.9 Å². The zero-order chi connectivity index (χ0) is 17.8. The van der Waals surface area contributed by atoms with Crippen molar-refractivity contribution in [1.82, 2.24) is 9.88 Å². The Balaban J connectivity index is 1.67. The number of pyridine rings is 1. The summed E-state index contributed by atoms with van der Waals surface area (Å²) in [5.74, 6) is 1.46. The lowest BCUT2D eigenvalue weighted by Crippen LogP contribution is -2.35. The molecule has 4 nitrogen and oxygen atoms in total. The minimum atomic E-state index is 0.0499. The van der Waals surface area contributed by atoms with Crippen LogP contribution in [0.25, 0.3) is 0 Å². The number of nitrogens with zero attached hydrogens (tertiary/aromatic N) is 2. The average Bonchev–Trinajstić information content (AvgIpc) is 3.02. The minimum Gasteiger partial charge on any atom is -0.477 e. The number of aromatic nitrogens is 1. The van der Waals surface area contributed by atoms with E-state index < -0.39 is 0 Å². The van der Waals surface area contributed by atoms with E-state index in [0.717, 1.165) is 13.0 Å². The normalized spacial score (nSPS) is 20.1. The summed E-state index contributed by atoms with van der Waals surface area (Å²) in [5.41, 5.74) is 1.93. The van der Waals surface area contributed by atoms with Crippen LogP contribution >= 0.6 is 0 Å². The summed E-state index contributed by atoms with van der Waals surface area (Å²) < 4.78 is 5.59. The standard InChI is InChI=1S/C21H26N2O2/c1-15(2)14-25-20-10-9-18(13-22-20)21(24)23-12-11-19(16(23)3)17-7-5-4-6-8-17/h4-10,13,15-16,19H,11-12,14H2,1-3H3/t16-,19+/m1/s1. The van der Waals surface area contributed by atoms with Gasteiger partial charge in [-0.25, -0.2) is 4.98 Å². The van der Waals surface area contributed by atoms with Crippen molar-refractivity contribution in [2.45, 2.75) is 39.2 Å². The van der Waals surface area contributed by atoms with Gasteiger partial charge in [-0.1, -0.05) is 44.2 Å². The molecule has 0 aliphatic carbocycles. The van der Waals surface area contributed by atoms with E-state index in [0.29, 0.717) is 29.9 Å². The molecule has 0 unspecified atom stereocenters. The molecule has 1 fully saturated rings. The number of amides is 1. The van der Waals surface area contributed by atoms with Gasteiger partial charge in [0, 0.05) is 30.8 Å². The topological polar surface area (TPSA) is 42.4 Å². The van der Waals surface area contributed by atoms with E-state index in [4.69, 9.17) is 4.74 Å². The number of carbonyl (C=O) groups is 1. The average molecular weight is 338 g/mol. The van der Waals surface area contributed by atoms with Gasteiger partial charge in [-0.3, -0.25) is 4.79 Å². The fraction of sp³-hybridized carbons (Fsp3) is 0.429. The Morgan fingerprint density at radius 1 is 1.24 bits per heavy atom. The van der Waals surface area contributed by atoms with Gasteiger partial charge in [0.25, 0.3) is 5.91 Å². The fourth-order valence-electron chi connectivity index (χ4n) is 3.38. The first-order chi connectivity index (χ1) is 12.1. The molecule has 1 saturated heterocycles. The van der Waals surface area contributed by atoms with Crippen molar-refractivity contribution in [3.8, 4) is 5.88 Å². The van der Waals surface area contributed by atoms with Gasteiger partial charge in [0.2, 0.25) is 5.88 Å². The first-order valence-electron chi connectivity index (χ1n) is 9.01. The molecule has 3 rings (SSSR count). The predicted molar refractivity (Wildman–Crippen MR) is 98.9 cm³/mol. The lowest BCUT2D eigenvalue weighted by Gasteiger charge is -2.25. The maximum atomic E-state index is 12.9. The zero-order valence-electron chi connectivity index (χ0n) is 15.2. The Morgan fingerprint density at radius 3 is 2.64 bits per heavy atom. The smallest absolute Gasteiger partial charge is 0.255 e. The summed E-state index contributed by atoms with van der Waals surface area (Å²) in [6.07, 6.45) is 2.63. The molecule has 1 aromatic carbocycles. The second-order valence-corrected chi connectivity index (χ2v) is 7.13. The molecule has 0 N–H and O–H groups in total. The second kappa shape index (κ2) is 7.68. The molecule has 2 heterocycles. The number of benzene rings is 1. The van der Waals surface area contributed by atoms with Crippen LogP contribution in [0.4, 0.5) is 0 Å². The first kappa shape index (κ1) is 17.5. The van der Waals surface area contributed by atoms with E-state index in [1.165, 1.54) is 5.56 Å². The summed E-state index contributed by atoms with van der Waals surface area (Å²) in [6.45, 7) is 7.73. The summed E-state index contributed by atoms with van der Waals surface area (Å²) in [6, 6.07) is 14.2. The summed E-state index contributed by atoms with van der Waals surface area (Å²) in [5, 5.41) is 0. The lowest BCUT2D eigenvalue weighted by atomic mass is 9.93. The molecule has 132 valence electrons. The molecule has 1 amide bonds. The van der Waals surface area contributed by atoms with E-state index >= 15 is 0 Å². The fourth-order valence-corrected chi connectivity index (χ4v) is 3.38. The van der Waals surface area contributed by atoms with Crippen LogP contribution in [0.5, 0.6) is 5.88 Å². The van der Waals surface area contributed by atoms with Crippen LogP contribution in [-0.2, 0) is 0 Å². The molecule has 25 heavy (non-hydrogen) atoms. The highest BCUT2D eigenvalue weighted by Gasteiger charge is 2.35. The SMILES string of the molecule is CC(C)COc1ccc(C(=O)N2CC[C@H](c3ccccc3)[C@H]2C)cn1. The van der Waals surface area contributed by atoms with Crippen molar-refractivity contribution in [2.24, 2.45) is 5.92 Å². The molecular formula is C21H26N2O2. The van der Waals surface area contributed by atoms with Crippen molar-refractivity contribution >= 4 is 5.91 Å². The Morgan fingerprint density at radius 2 is 2.00 bits per heavy atom. The highest BCUT2D eigenvalue weighted by Crippen LogP contribution is 2.34. The van der Waals surface area contributed by atoms with Gasteiger partial charge in [0.15, 0.2) is 0 Å². The van der Waals surface area contributed by atoms with Crippen molar-refractivity contribution in [3.63, 3.8) is 0 Å². The second-order valence-electron chi connectivity index (χ2n) is 7.13. The molecule has 2 aromatic rings. The molecular weight excluding hydrogens is 312 g/mol. The van der Waals surface area contributed by atoms with Gasteiger partial charge >= 0.3 is 0 Å². The number of hydrogen-bond acceptors (Lipinski definition) is 3. The van der Waals surface area contributed by atoms with E-state index in [2.05, 4.69) is 50.0 Å². The Hall–Kier alpha value is -2.36. The van der Waals surface area contributed by atoms with Crippen LogP contribution in [-0.4, -0.2) is 35.0 Å². The van der Waals surface area contributed by atoms with Gasteiger partial charge in [-0.05, 0) is 30.9 Å². The maximum absolute atomic E-state index is 12.9. The maximum Gasteiger partial charge on any atom is 0.255 e. The first-order valence-corrected chi connectivity index (χ1v) is 9.01. The van der Waals surface area contributed by atoms with Gasteiger partial charge in [-0.2, -0.15) is 0 Å². The Bertz CT molecular complexity index is 698. The molecule has 4 heteroatoms. The molecule has 0 saturated carbocycles. The molecule has 0 radical (unpaired) electrons. The largest absolute Gasteiger partial charge is 0.477 e.